The summed E-state index contributed by atoms with van der Waals surface area (Å²) in [5.41, 5.74) is 6.18. The highest BCUT2D eigenvalue weighted by Gasteiger charge is 2.19. The van der Waals surface area contributed by atoms with Crippen LogP contribution < -0.4 is 17.0 Å². The Bertz CT molecular complexity index is 768. The van der Waals surface area contributed by atoms with E-state index in [1.807, 2.05) is 25.3 Å². The first kappa shape index (κ1) is 15.5. The van der Waals surface area contributed by atoms with Crippen LogP contribution in [0.3, 0.4) is 0 Å². The molecule has 1 unspecified atom stereocenters. The Hall–Kier alpha value is -1.89. The predicted molar refractivity (Wildman–Crippen MR) is 82.6 cm³/mol. The largest absolute Gasteiger partial charge is 0.332 e. The van der Waals surface area contributed by atoms with E-state index in [2.05, 4.69) is 4.98 Å². The third kappa shape index (κ3) is 2.42. The summed E-state index contributed by atoms with van der Waals surface area (Å²) in [5.74, 6) is 0.817. The fraction of sp³-hybridized carbons (Fsp3) is 0.643. The van der Waals surface area contributed by atoms with E-state index in [9.17, 15) is 9.59 Å². The van der Waals surface area contributed by atoms with Crippen LogP contribution in [0.25, 0.3) is 11.2 Å². The number of hydrogen-bond donors (Lipinski definition) is 1. The first-order valence-corrected chi connectivity index (χ1v) is 7.40. The Morgan fingerprint density at radius 2 is 1.86 bits per heavy atom. The molecule has 0 aliphatic rings. The minimum Gasteiger partial charge on any atom is -0.326 e. The van der Waals surface area contributed by atoms with E-state index < -0.39 is 0 Å². The molecule has 2 aromatic rings. The zero-order valence-corrected chi connectivity index (χ0v) is 13.1. The molecule has 0 aliphatic heterocycles. The molecule has 2 aromatic heterocycles. The highest BCUT2D eigenvalue weighted by Crippen LogP contribution is 2.11. The number of aryl methyl sites for hydroxylation is 3. The average Bonchev–Trinajstić information content (AvgIpc) is 2.87. The number of fused-ring (bicyclic) bond motifs is 1. The summed E-state index contributed by atoms with van der Waals surface area (Å²) in [6.45, 7) is 6.76. The van der Waals surface area contributed by atoms with Gasteiger partial charge in [-0.15, -0.1) is 0 Å². The zero-order valence-electron chi connectivity index (χ0n) is 13.1. The maximum atomic E-state index is 12.7. The van der Waals surface area contributed by atoms with E-state index in [0.717, 1.165) is 5.82 Å². The van der Waals surface area contributed by atoms with Gasteiger partial charge in [0, 0.05) is 32.6 Å². The molecule has 1 atom stereocenters. The van der Waals surface area contributed by atoms with Crippen molar-refractivity contribution in [1.29, 1.82) is 0 Å². The lowest BCUT2D eigenvalue weighted by Crippen LogP contribution is -2.43. The molecule has 7 heteroatoms. The summed E-state index contributed by atoms with van der Waals surface area (Å²) in [7, 11) is 1.64. The van der Waals surface area contributed by atoms with Gasteiger partial charge in [-0.25, -0.2) is 9.78 Å². The lowest BCUT2D eigenvalue weighted by Gasteiger charge is -2.12. The smallest absolute Gasteiger partial charge is 0.326 e. The van der Waals surface area contributed by atoms with Gasteiger partial charge in [0.25, 0.3) is 5.56 Å². The second kappa shape index (κ2) is 5.85. The lowest BCUT2D eigenvalue weighted by molar-refractivity contribution is 0.500. The molecular formula is C14H23N5O2. The fourth-order valence-electron chi connectivity index (χ4n) is 2.55. The van der Waals surface area contributed by atoms with Gasteiger partial charge in [-0.2, -0.15) is 0 Å². The first-order valence-electron chi connectivity index (χ1n) is 7.40. The summed E-state index contributed by atoms with van der Waals surface area (Å²) in [6, 6.07) is -0.212. The van der Waals surface area contributed by atoms with E-state index in [1.165, 1.54) is 9.13 Å². The van der Waals surface area contributed by atoms with Crippen molar-refractivity contribution in [2.45, 2.75) is 52.7 Å². The predicted octanol–water partition coefficient (Wildman–Crippen LogP) is 0.216. The quantitative estimate of drug-likeness (QED) is 0.854. The molecule has 0 aromatic carbocycles. The van der Waals surface area contributed by atoms with E-state index in [4.69, 9.17) is 5.73 Å². The van der Waals surface area contributed by atoms with Crippen LogP contribution in [-0.2, 0) is 26.6 Å². The molecule has 0 bridgehead atoms. The number of rotatable bonds is 5. The van der Waals surface area contributed by atoms with Crippen LogP contribution in [0.2, 0.25) is 0 Å². The van der Waals surface area contributed by atoms with E-state index in [-0.39, 0.29) is 23.8 Å². The highest BCUT2D eigenvalue weighted by atomic mass is 16.2. The van der Waals surface area contributed by atoms with Gasteiger partial charge in [-0.3, -0.25) is 13.9 Å². The highest BCUT2D eigenvalue weighted by molar-refractivity contribution is 5.71. The van der Waals surface area contributed by atoms with Gasteiger partial charge in [-0.1, -0.05) is 13.8 Å². The number of imidazole rings is 1. The van der Waals surface area contributed by atoms with Crippen LogP contribution in [-0.4, -0.2) is 24.7 Å². The van der Waals surface area contributed by atoms with Gasteiger partial charge in [0.15, 0.2) is 11.2 Å². The summed E-state index contributed by atoms with van der Waals surface area (Å²) in [4.78, 5) is 29.5. The normalized spacial score (nSPS) is 13.0. The van der Waals surface area contributed by atoms with Crippen LogP contribution in [0, 0.1) is 0 Å². The van der Waals surface area contributed by atoms with Crippen molar-refractivity contribution < 1.29 is 0 Å². The molecule has 0 aliphatic carbocycles. The topological polar surface area (TPSA) is 87.8 Å². The third-order valence-corrected chi connectivity index (χ3v) is 3.89. The van der Waals surface area contributed by atoms with Crippen LogP contribution in [0.15, 0.2) is 9.59 Å². The van der Waals surface area contributed by atoms with E-state index >= 15 is 0 Å². The van der Waals surface area contributed by atoms with Gasteiger partial charge in [0.1, 0.15) is 5.82 Å². The third-order valence-electron chi connectivity index (χ3n) is 3.89. The van der Waals surface area contributed by atoms with E-state index in [0.29, 0.717) is 30.6 Å². The van der Waals surface area contributed by atoms with Crippen molar-refractivity contribution in [3.8, 4) is 0 Å². The summed E-state index contributed by atoms with van der Waals surface area (Å²) < 4.78 is 4.54. The van der Waals surface area contributed by atoms with Gasteiger partial charge in [-0.05, 0) is 13.3 Å². The molecule has 21 heavy (non-hydrogen) atoms. The van der Waals surface area contributed by atoms with Crippen molar-refractivity contribution >= 4 is 11.2 Å². The Kier molecular flexibility index (Phi) is 4.32. The molecule has 2 rings (SSSR count). The van der Waals surface area contributed by atoms with Crippen molar-refractivity contribution in [3.63, 3.8) is 0 Å². The number of hydrogen-bond acceptors (Lipinski definition) is 4. The summed E-state index contributed by atoms with van der Waals surface area (Å²) in [5, 5.41) is 0. The van der Waals surface area contributed by atoms with Gasteiger partial charge >= 0.3 is 5.69 Å². The second-order valence-corrected chi connectivity index (χ2v) is 5.22. The molecule has 0 radical (unpaired) electrons. The van der Waals surface area contributed by atoms with E-state index in [1.54, 1.807) is 7.05 Å². The summed E-state index contributed by atoms with van der Waals surface area (Å²) in [6.07, 6.45) is 1.42. The average molecular weight is 293 g/mol. The standard InChI is InChI=1S/C14H23N5O2/c1-5-9(15)8-19-13(20)11-12(17(4)14(19)21)16-10(6-2)18(11)7-3/h9H,5-8,15H2,1-4H3. The molecule has 2 heterocycles. The molecule has 0 spiro atoms. The van der Waals surface area contributed by atoms with Gasteiger partial charge < -0.3 is 10.3 Å². The molecule has 0 saturated heterocycles. The van der Waals surface area contributed by atoms with Gasteiger partial charge in [0.05, 0.1) is 0 Å². The fourth-order valence-corrected chi connectivity index (χ4v) is 2.55. The van der Waals surface area contributed by atoms with Crippen molar-refractivity contribution in [2.75, 3.05) is 0 Å². The number of nitrogens with two attached hydrogens (primary N) is 1. The van der Waals surface area contributed by atoms with Crippen LogP contribution in [0.1, 0.15) is 33.0 Å². The molecular weight excluding hydrogens is 270 g/mol. The van der Waals surface area contributed by atoms with Crippen LogP contribution >= 0.6 is 0 Å². The van der Waals surface area contributed by atoms with Gasteiger partial charge in [0.2, 0.25) is 0 Å². The molecule has 0 saturated carbocycles. The number of nitrogens with zero attached hydrogens (tertiary/aromatic N) is 4. The zero-order chi connectivity index (χ0) is 15.7. The minimum absolute atomic E-state index is 0.212. The molecule has 7 nitrogen and oxygen atoms in total. The first-order chi connectivity index (χ1) is 9.96. The maximum absolute atomic E-state index is 12.7. The monoisotopic (exact) mass is 293 g/mol. The Morgan fingerprint density at radius 1 is 1.19 bits per heavy atom. The maximum Gasteiger partial charge on any atom is 0.332 e. The summed E-state index contributed by atoms with van der Waals surface area (Å²) >= 11 is 0. The molecule has 0 fully saturated rings. The Labute approximate surface area is 123 Å². The SMILES string of the molecule is CCc1nc2c(c(=O)n(CC(N)CC)c(=O)n2C)n1CC. The minimum atomic E-state index is -0.361. The number of aromatic nitrogens is 4. The Morgan fingerprint density at radius 3 is 2.38 bits per heavy atom. The molecule has 116 valence electrons. The lowest BCUT2D eigenvalue weighted by atomic mass is 10.2. The molecule has 0 amide bonds. The second-order valence-electron chi connectivity index (χ2n) is 5.22. The Balaban J connectivity index is 2.84. The van der Waals surface area contributed by atoms with Crippen molar-refractivity contribution in [2.24, 2.45) is 12.8 Å². The van der Waals surface area contributed by atoms with Crippen LogP contribution in [0.5, 0.6) is 0 Å². The molecule has 2 N–H and O–H groups in total. The van der Waals surface area contributed by atoms with Crippen molar-refractivity contribution in [3.05, 3.63) is 26.7 Å². The van der Waals surface area contributed by atoms with Crippen LogP contribution in [0.4, 0.5) is 0 Å². The van der Waals surface area contributed by atoms with Crippen molar-refractivity contribution in [1.82, 2.24) is 18.7 Å².